The number of nitrogens with one attached hydrogen (secondary N) is 2. The van der Waals surface area contributed by atoms with Gasteiger partial charge in [0, 0.05) is 45.2 Å². The van der Waals surface area contributed by atoms with E-state index in [4.69, 9.17) is 39.5 Å². The van der Waals surface area contributed by atoms with Crippen molar-refractivity contribution in [1.29, 1.82) is 0 Å². The van der Waals surface area contributed by atoms with E-state index in [1.54, 1.807) is 37.4 Å². The molecule has 4 aromatic rings. The fraction of sp³-hybridized carbons (Fsp3) is 0.154. The van der Waals surface area contributed by atoms with Crippen LogP contribution in [0, 0.1) is 0 Å². The zero-order chi connectivity index (χ0) is 28.2. The lowest BCUT2D eigenvalue weighted by Gasteiger charge is -2.23. The Morgan fingerprint density at radius 3 is 2.36 bits per heavy atom. The number of ether oxygens (including phenoxy) is 1. The van der Waals surface area contributed by atoms with E-state index >= 15 is 0 Å². The van der Waals surface area contributed by atoms with Gasteiger partial charge >= 0.3 is 0 Å². The Hall–Kier alpha value is -2.86. The van der Waals surface area contributed by atoms with Crippen molar-refractivity contribution in [3.05, 3.63) is 86.7 Å². The van der Waals surface area contributed by atoms with E-state index in [9.17, 15) is 13.2 Å². The van der Waals surface area contributed by atoms with Crippen molar-refractivity contribution in [1.82, 2.24) is 9.29 Å². The minimum atomic E-state index is -4.15. The van der Waals surface area contributed by atoms with Crippen molar-refractivity contribution >= 4 is 72.9 Å². The number of carbonyl (C=O) groups is 1. The average Bonchev–Trinajstić information content (AvgIpc) is 3.40. The van der Waals surface area contributed by atoms with Gasteiger partial charge in [0.05, 0.1) is 29.9 Å². The summed E-state index contributed by atoms with van der Waals surface area (Å²) in [5, 5.41) is 9.32. The van der Waals surface area contributed by atoms with Crippen molar-refractivity contribution in [3.8, 4) is 17.0 Å². The molecule has 0 spiro atoms. The minimum Gasteiger partial charge on any atom is -0.495 e. The van der Waals surface area contributed by atoms with Crippen LogP contribution in [0.4, 0.5) is 10.8 Å². The van der Waals surface area contributed by atoms with E-state index in [2.05, 4.69) is 15.6 Å². The van der Waals surface area contributed by atoms with Crippen LogP contribution >= 0.6 is 46.1 Å². The Morgan fingerprint density at radius 1 is 1.05 bits per heavy atom. The largest absolute Gasteiger partial charge is 0.495 e. The van der Waals surface area contributed by atoms with Crippen LogP contribution < -0.4 is 15.4 Å². The number of sulfonamides is 1. The van der Waals surface area contributed by atoms with Crippen molar-refractivity contribution in [2.45, 2.75) is 11.4 Å². The zero-order valence-electron chi connectivity index (χ0n) is 20.7. The van der Waals surface area contributed by atoms with Gasteiger partial charge in [0.2, 0.25) is 15.9 Å². The van der Waals surface area contributed by atoms with E-state index in [0.717, 1.165) is 15.0 Å². The smallest absolute Gasteiger partial charge is 0.243 e. The molecule has 0 unspecified atom stereocenters. The highest BCUT2D eigenvalue weighted by Crippen LogP contribution is 2.33. The van der Waals surface area contributed by atoms with Crippen LogP contribution in [0.25, 0.3) is 11.3 Å². The molecular weight excluding hydrogens is 603 g/mol. The number of rotatable bonds is 10. The maximum Gasteiger partial charge on any atom is 0.243 e. The van der Waals surface area contributed by atoms with E-state index in [1.807, 2.05) is 11.4 Å². The van der Waals surface area contributed by atoms with Crippen LogP contribution in [0.3, 0.4) is 0 Å². The first-order valence-electron chi connectivity index (χ1n) is 11.4. The van der Waals surface area contributed by atoms with Crippen molar-refractivity contribution in [2.75, 3.05) is 31.3 Å². The zero-order valence-corrected chi connectivity index (χ0v) is 24.6. The molecule has 4 rings (SSSR count). The third-order valence-electron chi connectivity index (χ3n) is 5.65. The Bertz CT molecular complexity index is 1570. The minimum absolute atomic E-state index is 0.0358. The molecular formula is C26H23Cl3N4O4S2. The number of carbonyl (C=O) groups excluding carboxylic acids is 1. The van der Waals surface area contributed by atoms with E-state index in [1.165, 1.54) is 42.7 Å². The number of anilines is 2. The van der Waals surface area contributed by atoms with Crippen LogP contribution in [0.1, 0.15) is 5.56 Å². The molecule has 0 saturated carbocycles. The van der Waals surface area contributed by atoms with Gasteiger partial charge in [0.15, 0.2) is 5.13 Å². The number of halogens is 3. The SMILES string of the molecule is CNc1nc(-c2ccc(OC)c(NC(=O)CN(Cc3c(Cl)cccc3Cl)S(=O)(=O)c3ccc(Cl)cc3)c2)cs1. The molecule has 39 heavy (non-hydrogen) atoms. The second-order valence-corrected chi connectivity index (χ2v) is 12.2. The van der Waals surface area contributed by atoms with Gasteiger partial charge in [-0.25, -0.2) is 13.4 Å². The molecule has 0 saturated heterocycles. The van der Waals surface area contributed by atoms with Gasteiger partial charge in [-0.2, -0.15) is 4.31 Å². The molecule has 0 bridgehead atoms. The topological polar surface area (TPSA) is 101 Å². The number of thiazole rings is 1. The third-order valence-corrected chi connectivity index (χ3v) is 9.28. The van der Waals surface area contributed by atoms with Gasteiger partial charge < -0.3 is 15.4 Å². The quantitative estimate of drug-likeness (QED) is 0.205. The van der Waals surface area contributed by atoms with Gasteiger partial charge in [0.1, 0.15) is 5.75 Å². The van der Waals surface area contributed by atoms with Crippen molar-refractivity contribution in [2.24, 2.45) is 0 Å². The Balaban J connectivity index is 1.65. The van der Waals surface area contributed by atoms with Crippen LogP contribution in [-0.4, -0.2) is 44.3 Å². The van der Waals surface area contributed by atoms with E-state index < -0.39 is 22.5 Å². The second kappa shape index (κ2) is 12.5. The monoisotopic (exact) mass is 624 g/mol. The molecule has 1 amide bonds. The molecule has 0 atom stereocenters. The van der Waals surface area contributed by atoms with Gasteiger partial charge in [-0.15, -0.1) is 11.3 Å². The molecule has 0 fully saturated rings. The standard InChI is InChI=1S/C26H23Cl3N4O4S2/c1-30-26-32-23(15-38-26)16-6-11-24(37-2)22(12-16)31-25(34)14-33(13-19-20(28)4-3-5-21(19)29)39(35,36)18-9-7-17(27)8-10-18/h3-12,15H,13-14H2,1-2H3,(H,30,32)(H,31,34). The molecule has 0 aliphatic heterocycles. The lowest BCUT2D eigenvalue weighted by Crippen LogP contribution is -2.37. The maximum atomic E-state index is 13.6. The van der Waals surface area contributed by atoms with E-state index in [-0.39, 0.29) is 21.5 Å². The molecule has 0 aliphatic carbocycles. The first-order chi connectivity index (χ1) is 18.6. The summed E-state index contributed by atoms with van der Waals surface area (Å²) in [6, 6.07) is 15.8. The summed E-state index contributed by atoms with van der Waals surface area (Å²) in [6.45, 7) is -0.764. The van der Waals surface area contributed by atoms with Crippen LogP contribution in [-0.2, 0) is 21.4 Å². The van der Waals surface area contributed by atoms with Crippen molar-refractivity contribution in [3.63, 3.8) is 0 Å². The highest BCUT2D eigenvalue weighted by Gasteiger charge is 2.29. The Labute approximate surface area is 245 Å². The normalized spacial score (nSPS) is 11.4. The molecule has 1 heterocycles. The molecule has 13 heteroatoms. The second-order valence-electron chi connectivity index (χ2n) is 8.18. The number of methoxy groups -OCH3 is 1. The molecule has 8 nitrogen and oxygen atoms in total. The van der Waals surface area contributed by atoms with Crippen LogP contribution in [0.2, 0.25) is 15.1 Å². The molecule has 3 aromatic carbocycles. The predicted octanol–water partition coefficient (Wildman–Crippen LogP) is 6.65. The van der Waals surface area contributed by atoms with Gasteiger partial charge in [-0.05, 0) is 54.6 Å². The molecule has 2 N–H and O–H groups in total. The fourth-order valence-electron chi connectivity index (χ4n) is 3.68. The summed E-state index contributed by atoms with van der Waals surface area (Å²) in [5.74, 6) is -0.196. The number of hydrogen-bond donors (Lipinski definition) is 2. The number of aromatic nitrogens is 1. The fourth-order valence-corrected chi connectivity index (χ4v) is 6.37. The van der Waals surface area contributed by atoms with Crippen LogP contribution in [0.5, 0.6) is 5.75 Å². The first kappa shape index (κ1) is 29.1. The van der Waals surface area contributed by atoms with Gasteiger partial charge in [-0.3, -0.25) is 4.79 Å². The number of nitrogens with zero attached hydrogens (tertiary/aromatic N) is 2. The molecule has 1 aromatic heterocycles. The molecule has 0 radical (unpaired) electrons. The Morgan fingerprint density at radius 2 is 1.74 bits per heavy atom. The highest BCUT2D eigenvalue weighted by molar-refractivity contribution is 7.89. The maximum absolute atomic E-state index is 13.6. The molecule has 204 valence electrons. The van der Waals surface area contributed by atoms with Crippen LogP contribution in [0.15, 0.2) is 70.9 Å². The van der Waals surface area contributed by atoms with Gasteiger partial charge in [-0.1, -0.05) is 40.9 Å². The summed E-state index contributed by atoms with van der Waals surface area (Å²) in [6.07, 6.45) is 0. The lowest BCUT2D eigenvalue weighted by molar-refractivity contribution is -0.116. The highest BCUT2D eigenvalue weighted by atomic mass is 35.5. The van der Waals surface area contributed by atoms with E-state index in [0.29, 0.717) is 27.7 Å². The Kier molecular flexibility index (Phi) is 9.37. The summed E-state index contributed by atoms with van der Waals surface area (Å²) in [5.41, 5.74) is 2.19. The summed E-state index contributed by atoms with van der Waals surface area (Å²) in [7, 11) is -0.899. The molecule has 0 aliphatic rings. The number of amides is 1. The average molecular weight is 626 g/mol. The summed E-state index contributed by atoms with van der Waals surface area (Å²) < 4.78 is 33.7. The van der Waals surface area contributed by atoms with Gasteiger partial charge in [0.25, 0.3) is 0 Å². The summed E-state index contributed by atoms with van der Waals surface area (Å²) in [4.78, 5) is 17.8. The predicted molar refractivity (Wildman–Crippen MR) is 158 cm³/mol. The van der Waals surface area contributed by atoms with Crippen molar-refractivity contribution < 1.29 is 17.9 Å². The number of hydrogen-bond acceptors (Lipinski definition) is 7. The lowest BCUT2D eigenvalue weighted by atomic mass is 10.1. The summed E-state index contributed by atoms with van der Waals surface area (Å²) >= 11 is 20.1. The first-order valence-corrected chi connectivity index (χ1v) is 14.9. The number of benzene rings is 3. The third kappa shape index (κ3) is 6.84.